The maximum atomic E-state index is 6.03. The van der Waals surface area contributed by atoms with Gasteiger partial charge in [0.2, 0.25) is 0 Å². The molecule has 1 aromatic rings. The molecule has 2 rings (SSSR count). The van der Waals surface area contributed by atoms with E-state index in [0.29, 0.717) is 11.6 Å². The Bertz CT molecular complexity index is 354. The van der Waals surface area contributed by atoms with E-state index in [0.717, 1.165) is 23.5 Å². The molecule has 0 amide bonds. The van der Waals surface area contributed by atoms with Crippen LogP contribution in [0.3, 0.4) is 0 Å². The van der Waals surface area contributed by atoms with Crippen LogP contribution in [0.2, 0.25) is 5.02 Å². The van der Waals surface area contributed by atoms with Gasteiger partial charge in [0, 0.05) is 17.7 Å². The number of hydrogen-bond donors (Lipinski definition) is 1. The molecular formula is C10H12ClNO2. The van der Waals surface area contributed by atoms with Gasteiger partial charge in [-0.15, -0.1) is 0 Å². The van der Waals surface area contributed by atoms with Crippen molar-refractivity contribution < 1.29 is 9.47 Å². The van der Waals surface area contributed by atoms with E-state index in [1.165, 1.54) is 0 Å². The third-order valence-corrected chi connectivity index (χ3v) is 2.53. The number of benzene rings is 1. The Hall–Kier alpha value is -0.930. The Labute approximate surface area is 87.8 Å². The van der Waals surface area contributed by atoms with E-state index in [2.05, 4.69) is 0 Å². The van der Waals surface area contributed by atoms with Gasteiger partial charge < -0.3 is 15.2 Å². The van der Waals surface area contributed by atoms with Crippen LogP contribution >= 0.6 is 11.6 Å². The smallest absolute Gasteiger partial charge is 0.141 e. The van der Waals surface area contributed by atoms with Crippen LogP contribution in [0.1, 0.15) is 5.56 Å². The molecule has 1 heterocycles. The van der Waals surface area contributed by atoms with Crippen LogP contribution in [0, 0.1) is 0 Å². The number of nitrogens with two attached hydrogens (primary N) is 1. The average Bonchev–Trinajstić information content (AvgIpc) is 2.16. The van der Waals surface area contributed by atoms with Crippen molar-refractivity contribution in [1.82, 2.24) is 0 Å². The Kier molecular flexibility index (Phi) is 2.52. The molecule has 0 aliphatic carbocycles. The number of rotatable bonds is 1. The molecule has 1 aliphatic heterocycles. The summed E-state index contributed by atoms with van der Waals surface area (Å²) in [6.07, 6.45) is 0.784. The van der Waals surface area contributed by atoms with E-state index in [4.69, 9.17) is 26.8 Å². The van der Waals surface area contributed by atoms with E-state index in [9.17, 15) is 0 Å². The molecule has 4 heteroatoms. The molecule has 3 nitrogen and oxygen atoms in total. The van der Waals surface area contributed by atoms with Gasteiger partial charge in [0.1, 0.15) is 18.1 Å². The quantitative estimate of drug-likeness (QED) is 0.771. The molecule has 14 heavy (non-hydrogen) atoms. The van der Waals surface area contributed by atoms with Crippen molar-refractivity contribution in [1.29, 1.82) is 0 Å². The first-order valence-electron chi connectivity index (χ1n) is 4.45. The molecule has 0 bridgehead atoms. The van der Waals surface area contributed by atoms with Crippen LogP contribution in [-0.2, 0) is 6.42 Å². The summed E-state index contributed by atoms with van der Waals surface area (Å²) < 4.78 is 10.6. The number of methoxy groups -OCH3 is 1. The summed E-state index contributed by atoms with van der Waals surface area (Å²) in [6, 6.07) is 3.71. The lowest BCUT2D eigenvalue weighted by molar-refractivity contribution is 0.263. The highest BCUT2D eigenvalue weighted by molar-refractivity contribution is 6.32. The van der Waals surface area contributed by atoms with E-state index in [1.54, 1.807) is 13.2 Å². The second-order valence-electron chi connectivity index (χ2n) is 3.37. The molecule has 0 unspecified atom stereocenters. The zero-order valence-electron chi connectivity index (χ0n) is 7.92. The van der Waals surface area contributed by atoms with E-state index in [-0.39, 0.29) is 6.04 Å². The fourth-order valence-electron chi connectivity index (χ4n) is 1.59. The van der Waals surface area contributed by atoms with Crippen LogP contribution in [0.25, 0.3) is 0 Å². The highest BCUT2D eigenvalue weighted by atomic mass is 35.5. The lowest BCUT2D eigenvalue weighted by Gasteiger charge is -2.23. The summed E-state index contributed by atoms with van der Waals surface area (Å²) in [5, 5.41) is 0.589. The largest absolute Gasteiger partial charge is 0.497 e. The number of fused-ring (bicyclic) bond motifs is 1. The van der Waals surface area contributed by atoms with Crippen LogP contribution < -0.4 is 15.2 Å². The lowest BCUT2D eigenvalue weighted by atomic mass is 10.0. The first-order valence-corrected chi connectivity index (χ1v) is 4.83. The minimum absolute atomic E-state index is 0.0469. The first kappa shape index (κ1) is 9.62. The van der Waals surface area contributed by atoms with Crippen molar-refractivity contribution >= 4 is 11.6 Å². The molecule has 76 valence electrons. The van der Waals surface area contributed by atoms with Crippen LogP contribution in [0.4, 0.5) is 0 Å². The first-order chi connectivity index (χ1) is 6.70. The van der Waals surface area contributed by atoms with E-state index in [1.807, 2.05) is 6.07 Å². The van der Waals surface area contributed by atoms with Gasteiger partial charge in [-0.3, -0.25) is 0 Å². The fraction of sp³-hybridized carbons (Fsp3) is 0.400. The predicted octanol–water partition coefficient (Wildman–Crippen LogP) is 1.61. The Morgan fingerprint density at radius 1 is 1.57 bits per heavy atom. The topological polar surface area (TPSA) is 44.5 Å². The fourth-order valence-corrected chi connectivity index (χ4v) is 1.87. The SMILES string of the molecule is COc1cc(Cl)c2c(c1)C[C@@H](N)CO2. The molecule has 1 aromatic carbocycles. The zero-order valence-corrected chi connectivity index (χ0v) is 8.67. The molecule has 1 atom stereocenters. The summed E-state index contributed by atoms with van der Waals surface area (Å²) in [5.74, 6) is 1.49. The van der Waals surface area contributed by atoms with Crippen LogP contribution in [0.15, 0.2) is 12.1 Å². The van der Waals surface area contributed by atoms with E-state index >= 15 is 0 Å². The maximum absolute atomic E-state index is 6.03. The van der Waals surface area contributed by atoms with Gasteiger partial charge in [0.05, 0.1) is 12.1 Å². The Balaban J connectivity index is 2.43. The van der Waals surface area contributed by atoms with Crippen molar-refractivity contribution in [2.75, 3.05) is 13.7 Å². The molecule has 0 saturated carbocycles. The third-order valence-electron chi connectivity index (χ3n) is 2.25. The van der Waals surface area contributed by atoms with Gasteiger partial charge in [0.15, 0.2) is 0 Å². The summed E-state index contributed by atoms with van der Waals surface area (Å²) >= 11 is 6.03. The normalized spacial score (nSPS) is 19.8. The average molecular weight is 214 g/mol. The lowest BCUT2D eigenvalue weighted by Crippen LogP contribution is -2.33. The van der Waals surface area contributed by atoms with Crippen molar-refractivity contribution in [3.05, 3.63) is 22.7 Å². The molecule has 0 fully saturated rings. The van der Waals surface area contributed by atoms with Gasteiger partial charge >= 0.3 is 0 Å². The van der Waals surface area contributed by atoms with Crippen LogP contribution in [-0.4, -0.2) is 19.8 Å². The zero-order chi connectivity index (χ0) is 10.1. The second kappa shape index (κ2) is 3.67. The highest BCUT2D eigenvalue weighted by Gasteiger charge is 2.20. The van der Waals surface area contributed by atoms with Gasteiger partial charge in [0.25, 0.3) is 0 Å². The van der Waals surface area contributed by atoms with E-state index < -0.39 is 0 Å². The third kappa shape index (κ3) is 1.65. The molecule has 2 N–H and O–H groups in total. The molecule has 0 aromatic heterocycles. The Morgan fingerprint density at radius 3 is 3.07 bits per heavy atom. The number of hydrogen-bond acceptors (Lipinski definition) is 3. The summed E-state index contributed by atoms with van der Waals surface area (Å²) in [6.45, 7) is 0.527. The Morgan fingerprint density at radius 2 is 2.36 bits per heavy atom. The highest BCUT2D eigenvalue weighted by Crippen LogP contribution is 2.36. The minimum atomic E-state index is 0.0469. The second-order valence-corrected chi connectivity index (χ2v) is 3.78. The van der Waals surface area contributed by atoms with Crippen molar-refractivity contribution in [2.45, 2.75) is 12.5 Å². The van der Waals surface area contributed by atoms with Crippen molar-refractivity contribution in [3.8, 4) is 11.5 Å². The van der Waals surface area contributed by atoms with Crippen LogP contribution in [0.5, 0.6) is 11.5 Å². The molecular weight excluding hydrogens is 202 g/mol. The molecule has 0 spiro atoms. The van der Waals surface area contributed by atoms with Gasteiger partial charge in [-0.05, 0) is 12.5 Å². The van der Waals surface area contributed by atoms with Gasteiger partial charge in [-0.25, -0.2) is 0 Å². The van der Waals surface area contributed by atoms with Crippen molar-refractivity contribution in [2.24, 2.45) is 5.73 Å². The number of halogens is 1. The number of ether oxygens (including phenoxy) is 2. The standard InChI is InChI=1S/C10H12ClNO2/c1-13-8-3-6-2-7(12)5-14-10(6)9(11)4-8/h3-4,7H,2,5,12H2,1H3/t7-/m1/s1. The molecule has 1 aliphatic rings. The summed E-state index contributed by atoms with van der Waals surface area (Å²) in [7, 11) is 1.61. The maximum Gasteiger partial charge on any atom is 0.141 e. The summed E-state index contributed by atoms with van der Waals surface area (Å²) in [4.78, 5) is 0. The van der Waals surface area contributed by atoms with Crippen molar-refractivity contribution in [3.63, 3.8) is 0 Å². The molecule has 0 saturated heterocycles. The minimum Gasteiger partial charge on any atom is -0.497 e. The molecule has 0 radical (unpaired) electrons. The van der Waals surface area contributed by atoms with Gasteiger partial charge in [-0.1, -0.05) is 11.6 Å². The predicted molar refractivity (Wildman–Crippen MR) is 55.2 cm³/mol. The summed E-state index contributed by atoms with van der Waals surface area (Å²) in [5.41, 5.74) is 6.80. The van der Waals surface area contributed by atoms with Gasteiger partial charge in [-0.2, -0.15) is 0 Å². The monoisotopic (exact) mass is 213 g/mol.